The molecule has 0 aliphatic carbocycles. The third-order valence-electron chi connectivity index (χ3n) is 3.66. The molecule has 2 heterocycles. The van der Waals surface area contributed by atoms with Crippen LogP contribution in [-0.4, -0.2) is 25.7 Å². The normalized spacial score (nSPS) is 11.6. The van der Waals surface area contributed by atoms with Crippen molar-refractivity contribution in [3.63, 3.8) is 0 Å². The van der Waals surface area contributed by atoms with Gasteiger partial charge in [0.05, 0.1) is 29.0 Å². The Labute approximate surface area is 167 Å². The monoisotopic (exact) mass is 507 g/mol. The topological polar surface area (TPSA) is 89.8 Å². The summed E-state index contributed by atoms with van der Waals surface area (Å²) in [6.45, 7) is -0.514. The molecular formula is C16H10F4IN5O2. The van der Waals surface area contributed by atoms with Gasteiger partial charge in [0.1, 0.15) is 6.54 Å². The summed E-state index contributed by atoms with van der Waals surface area (Å²) in [6.07, 6.45) is -2.84. The van der Waals surface area contributed by atoms with Crippen molar-refractivity contribution in [1.82, 2.24) is 19.7 Å². The Bertz CT molecular complexity index is 1100. The van der Waals surface area contributed by atoms with E-state index in [2.05, 4.69) is 20.4 Å². The zero-order valence-corrected chi connectivity index (χ0v) is 16.0. The van der Waals surface area contributed by atoms with Gasteiger partial charge in [-0.15, -0.1) is 0 Å². The molecule has 0 aliphatic heterocycles. The molecule has 146 valence electrons. The molecule has 0 saturated heterocycles. The second-order valence-corrected chi connectivity index (χ2v) is 6.34. The average Bonchev–Trinajstić information content (AvgIpc) is 2.64. The molecule has 0 aliphatic rings. The first kappa shape index (κ1) is 20.1. The third-order valence-corrected chi connectivity index (χ3v) is 4.38. The summed E-state index contributed by atoms with van der Waals surface area (Å²) >= 11 is 1.90. The molecule has 1 amide bonds. The minimum Gasteiger partial charge on any atom is -0.293 e. The molecule has 28 heavy (non-hydrogen) atoms. The maximum absolute atomic E-state index is 12.9. The Morgan fingerprint density at radius 2 is 1.86 bits per heavy atom. The van der Waals surface area contributed by atoms with E-state index in [0.717, 1.165) is 35.3 Å². The molecule has 12 heteroatoms. The SMILES string of the molecule is O=C(Cn1nc(CI)c2cc(C(F)(F)F)ccc2c1=O)Nc1ncc(F)cn1. The van der Waals surface area contributed by atoms with Gasteiger partial charge >= 0.3 is 6.18 Å². The van der Waals surface area contributed by atoms with Gasteiger partial charge in [0.25, 0.3) is 5.56 Å². The van der Waals surface area contributed by atoms with Crippen molar-refractivity contribution in [2.45, 2.75) is 17.1 Å². The Balaban J connectivity index is 1.95. The number of amides is 1. The van der Waals surface area contributed by atoms with E-state index in [0.29, 0.717) is 0 Å². The van der Waals surface area contributed by atoms with Crippen molar-refractivity contribution < 1.29 is 22.4 Å². The standard InChI is InChI=1S/C16H10F4IN5O2/c17-9-5-22-15(23-6-9)24-13(27)7-26-14(28)10-2-1-8(16(18,19)20)3-11(10)12(4-21)25-26/h1-3,5-6H,4,7H2,(H,22,23,24,27). The highest BCUT2D eigenvalue weighted by molar-refractivity contribution is 14.1. The van der Waals surface area contributed by atoms with Gasteiger partial charge in [-0.3, -0.25) is 14.9 Å². The fourth-order valence-electron chi connectivity index (χ4n) is 2.41. The second kappa shape index (κ2) is 7.77. The third kappa shape index (κ3) is 4.26. The summed E-state index contributed by atoms with van der Waals surface area (Å²) in [7, 11) is 0. The molecule has 0 bridgehead atoms. The number of anilines is 1. The predicted molar refractivity (Wildman–Crippen MR) is 99.3 cm³/mol. The van der Waals surface area contributed by atoms with Crippen LogP contribution in [-0.2, 0) is 21.9 Å². The highest BCUT2D eigenvalue weighted by Gasteiger charge is 2.31. The minimum absolute atomic E-state index is 0.0144. The summed E-state index contributed by atoms with van der Waals surface area (Å²) in [4.78, 5) is 31.8. The van der Waals surface area contributed by atoms with E-state index in [4.69, 9.17) is 0 Å². The fourth-order valence-corrected chi connectivity index (χ4v) is 2.98. The van der Waals surface area contributed by atoms with Crippen LogP contribution in [0.4, 0.5) is 23.5 Å². The molecule has 3 rings (SSSR count). The Hall–Kier alpha value is -2.64. The van der Waals surface area contributed by atoms with Gasteiger partial charge in [-0.2, -0.15) is 18.3 Å². The maximum atomic E-state index is 12.9. The zero-order chi connectivity index (χ0) is 20.5. The molecule has 2 aromatic heterocycles. The summed E-state index contributed by atoms with van der Waals surface area (Å²) in [5.74, 6) is -1.55. The van der Waals surface area contributed by atoms with E-state index in [1.54, 1.807) is 0 Å². The van der Waals surface area contributed by atoms with Gasteiger partial charge in [-0.05, 0) is 18.2 Å². The lowest BCUT2D eigenvalue weighted by atomic mass is 10.1. The van der Waals surface area contributed by atoms with Crippen molar-refractivity contribution in [3.8, 4) is 0 Å². The van der Waals surface area contributed by atoms with Crippen molar-refractivity contribution in [3.05, 3.63) is 58.0 Å². The number of rotatable bonds is 4. The Kier molecular flexibility index (Phi) is 5.58. The predicted octanol–water partition coefficient (Wildman–Crippen LogP) is 2.92. The Morgan fingerprint density at radius 3 is 2.46 bits per heavy atom. The molecular weight excluding hydrogens is 497 g/mol. The van der Waals surface area contributed by atoms with E-state index < -0.39 is 35.6 Å². The smallest absolute Gasteiger partial charge is 0.293 e. The first-order chi connectivity index (χ1) is 13.2. The lowest BCUT2D eigenvalue weighted by Gasteiger charge is -2.12. The molecule has 0 fully saturated rings. The van der Waals surface area contributed by atoms with Crippen molar-refractivity contribution in [2.24, 2.45) is 0 Å². The molecule has 0 radical (unpaired) electrons. The number of hydrogen-bond donors (Lipinski definition) is 1. The highest BCUT2D eigenvalue weighted by Crippen LogP contribution is 2.31. The highest BCUT2D eigenvalue weighted by atomic mass is 127. The maximum Gasteiger partial charge on any atom is 0.416 e. The second-order valence-electron chi connectivity index (χ2n) is 5.57. The summed E-state index contributed by atoms with van der Waals surface area (Å²) in [5.41, 5.74) is -1.38. The van der Waals surface area contributed by atoms with Gasteiger partial charge in [-0.25, -0.2) is 19.0 Å². The number of hydrogen-bond acceptors (Lipinski definition) is 5. The molecule has 0 atom stereocenters. The van der Waals surface area contributed by atoms with Crippen LogP contribution >= 0.6 is 22.6 Å². The number of nitrogens with zero attached hydrogens (tertiary/aromatic N) is 4. The number of halogens is 5. The molecule has 7 nitrogen and oxygen atoms in total. The van der Waals surface area contributed by atoms with E-state index in [-0.39, 0.29) is 26.8 Å². The lowest BCUT2D eigenvalue weighted by Crippen LogP contribution is -2.31. The summed E-state index contributed by atoms with van der Waals surface area (Å²) in [6, 6.07) is 2.74. The van der Waals surface area contributed by atoms with Crippen LogP contribution in [0.3, 0.4) is 0 Å². The molecule has 3 aromatic rings. The average molecular weight is 507 g/mol. The van der Waals surface area contributed by atoms with E-state index in [9.17, 15) is 27.2 Å². The summed E-state index contributed by atoms with van der Waals surface area (Å²) < 4.78 is 52.7. The fraction of sp³-hybridized carbons (Fsp3) is 0.188. The van der Waals surface area contributed by atoms with Crippen LogP contribution in [0.1, 0.15) is 11.3 Å². The van der Waals surface area contributed by atoms with Gasteiger partial charge in [0.15, 0.2) is 5.82 Å². The van der Waals surface area contributed by atoms with Crippen LogP contribution in [0.25, 0.3) is 10.8 Å². The molecule has 1 aromatic carbocycles. The largest absolute Gasteiger partial charge is 0.416 e. The molecule has 0 saturated carbocycles. The number of aromatic nitrogens is 4. The molecule has 0 spiro atoms. The van der Waals surface area contributed by atoms with Crippen LogP contribution in [0.5, 0.6) is 0 Å². The van der Waals surface area contributed by atoms with E-state index in [1.807, 2.05) is 22.6 Å². The summed E-state index contributed by atoms with van der Waals surface area (Å²) in [5, 5.41) is 6.38. The first-order valence-corrected chi connectivity index (χ1v) is 9.16. The zero-order valence-electron chi connectivity index (χ0n) is 13.8. The number of carbonyl (C=O) groups is 1. The number of nitrogens with one attached hydrogen (secondary N) is 1. The molecule has 0 unspecified atom stereocenters. The van der Waals surface area contributed by atoms with Gasteiger partial charge in [0.2, 0.25) is 11.9 Å². The first-order valence-electron chi connectivity index (χ1n) is 7.63. The van der Waals surface area contributed by atoms with Gasteiger partial charge < -0.3 is 0 Å². The quantitative estimate of drug-likeness (QED) is 0.334. The van der Waals surface area contributed by atoms with Crippen molar-refractivity contribution >= 4 is 45.2 Å². The van der Waals surface area contributed by atoms with E-state index in [1.165, 1.54) is 0 Å². The van der Waals surface area contributed by atoms with Crippen molar-refractivity contribution in [2.75, 3.05) is 5.32 Å². The van der Waals surface area contributed by atoms with Crippen LogP contribution in [0.15, 0.2) is 35.4 Å². The van der Waals surface area contributed by atoms with Crippen LogP contribution < -0.4 is 10.9 Å². The number of benzene rings is 1. The number of carbonyl (C=O) groups excluding carboxylic acids is 1. The Morgan fingerprint density at radius 1 is 1.18 bits per heavy atom. The lowest BCUT2D eigenvalue weighted by molar-refractivity contribution is -0.137. The van der Waals surface area contributed by atoms with Crippen molar-refractivity contribution in [1.29, 1.82) is 0 Å². The number of alkyl halides is 4. The van der Waals surface area contributed by atoms with Gasteiger partial charge in [-0.1, -0.05) is 22.6 Å². The molecule has 1 N–H and O–H groups in total. The van der Waals surface area contributed by atoms with Crippen LogP contribution in [0.2, 0.25) is 0 Å². The minimum atomic E-state index is -4.55. The van der Waals surface area contributed by atoms with E-state index >= 15 is 0 Å². The van der Waals surface area contributed by atoms with Crippen LogP contribution in [0, 0.1) is 5.82 Å². The van der Waals surface area contributed by atoms with Gasteiger partial charge in [0, 0.05) is 9.81 Å². The number of fused-ring (bicyclic) bond motifs is 1.